The first-order chi connectivity index (χ1) is 12.0. The van der Waals surface area contributed by atoms with Crippen molar-refractivity contribution in [2.24, 2.45) is 10.8 Å². The highest BCUT2D eigenvalue weighted by atomic mass is 32.2. The van der Waals surface area contributed by atoms with Crippen LogP contribution in [0.4, 0.5) is 11.6 Å². The monoisotopic (exact) mass is 362 g/mol. The number of nitrogens with two attached hydrogens (primary N) is 1. The molecule has 7 heteroatoms. The van der Waals surface area contributed by atoms with Gasteiger partial charge < -0.3 is 20.4 Å². The number of hydrogen-bond acceptors (Lipinski definition) is 7. The van der Waals surface area contributed by atoms with E-state index in [-0.39, 0.29) is 0 Å². The molecule has 3 saturated heterocycles. The molecule has 6 nitrogen and oxygen atoms in total. The van der Waals surface area contributed by atoms with Crippen LogP contribution in [0.2, 0.25) is 0 Å². The van der Waals surface area contributed by atoms with Crippen LogP contribution in [-0.4, -0.2) is 78.9 Å². The second kappa shape index (κ2) is 6.28. The number of aromatic nitrogens is 2. The Balaban J connectivity index is 1.56. The van der Waals surface area contributed by atoms with Crippen molar-refractivity contribution < 1.29 is 0 Å². The zero-order valence-electron chi connectivity index (χ0n) is 15.7. The average Bonchev–Trinajstić information content (AvgIpc) is 3.02. The average molecular weight is 363 g/mol. The van der Waals surface area contributed by atoms with Crippen LogP contribution in [-0.2, 0) is 0 Å². The molecule has 3 aliphatic heterocycles. The fraction of sp³-hybridized carbons (Fsp3) is 0.778. The van der Waals surface area contributed by atoms with Gasteiger partial charge in [0.15, 0.2) is 5.16 Å². The van der Waals surface area contributed by atoms with Gasteiger partial charge in [0, 0.05) is 61.9 Å². The van der Waals surface area contributed by atoms with E-state index in [4.69, 9.17) is 10.7 Å². The van der Waals surface area contributed by atoms with Gasteiger partial charge in [0.1, 0.15) is 11.6 Å². The molecule has 0 saturated carbocycles. The molecule has 0 aliphatic carbocycles. The van der Waals surface area contributed by atoms with Gasteiger partial charge in [0.05, 0.1) is 0 Å². The summed E-state index contributed by atoms with van der Waals surface area (Å²) in [5, 5.41) is 0.829. The van der Waals surface area contributed by atoms with Crippen molar-refractivity contribution in [1.29, 1.82) is 0 Å². The first-order valence-electron chi connectivity index (χ1n) is 9.35. The largest absolute Gasteiger partial charge is 0.383 e. The quantitative estimate of drug-likeness (QED) is 0.485. The van der Waals surface area contributed by atoms with Crippen molar-refractivity contribution in [3.05, 3.63) is 6.07 Å². The summed E-state index contributed by atoms with van der Waals surface area (Å²) in [7, 11) is 4.53. The molecule has 4 rings (SSSR count). The van der Waals surface area contributed by atoms with Crippen molar-refractivity contribution in [2.75, 3.05) is 69.8 Å². The van der Waals surface area contributed by atoms with Gasteiger partial charge in [0.25, 0.3) is 0 Å². The Kier molecular flexibility index (Phi) is 4.37. The maximum Gasteiger partial charge on any atom is 0.191 e. The van der Waals surface area contributed by atoms with Crippen LogP contribution in [0.3, 0.4) is 0 Å². The number of anilines is 2. The van der Waals surface area contributed by atoms with E-state index in [2.05, 4.69) is 40.7 Å². The Morgan fingerprint density at radius 1 is 1.04 bits per heavy atom. The van der Waals surface area contributed by atoms with Crippen LogP contribution in [0, 0.1) is 10.8 Å². The molecule has 138 valence electrons. The number of nitrogen functional groups attached to an aromatic ring is 1. The van der Waals surface area contributed by atoms with Crippen molar-refractivity contribution in [3.8, 4) is 0 Å². The number of nitrogens with zero attached hydrogens (tertiary/aromatic N) is 5. The number of rotatable bonds is 5. The third kappa shape index (κ3) is 2.90. The molecular formula is C18H30N6S. The topological polar surface area (TPSA) is 61.5 Å². The molecule has 3 fully saturated rings. The van der Waals surface area contributed by atoms with E-state index < -0.39 is 0 Å². The standard InChI is InChI=1S/C18H30N6S/c1-4-5-6-25-16-20-14(19)7-15(21-16)24-12-17-8-22(2)9-18(17,13-24)11-23(3)10-17/h7H,4-6,8-13H2,1-3H3,(H2,19,20,21). The molecule has 0 atom stereocenters. The van der Waals surface area contributed by atoms with Crippen LogP contribution in [0.25, 0.3) is 0 Å². The van der Waals surface area contributed by atoms with Crippen LogP contribution in [0.5, 0.6) is 0 Å². The molecular weight excluding hydrogens is 332 g/mol. The van der Waals surface area contributed by atoms with E-state index in [1.807, 2.05) is 6.07 Å². The van der Waals surface area contributed by atoms with E-state index in [0.717, 1.165) is 29.8 Å². The molecule has 0 spiro atoms. The first kappa shape index (κ1) is 17.4. The van der Waals surface area contributed by atoms with Crippen molar-refractivity contribution >= 4 is 23.4 Å². The Bertz CT molecular complexity index is 612. The van der Waals surface area contributed by atoms with Gasteiger partial charge in [-0.3, -0.25) is 0 Å². The second-order valence-electron chi connectivity index (χ2n) is 8.40. The van der Waals surface area contributed by atoms with E-state index >= 15 is 0 Å². The smallest absolute Gasteiger partial charge is 0.191 e. The normalized spacial score (nSPS) is 32.4. The molecule has 0 radical (unpaired) electrons. The van der Waals surface area contributed by atoms with E-state index in [1.54, 1.807) is 11.8 Å². The lowest BCUT2D eigenvalue weighted by Crippen LogP contribution is -2.38. The summed E-state index contributed by atoms with van der Waals surface area (Å²) >= 11 is 1.73. The Morgan fingerprint density at radius 3 is 2.20 bits per heavy atom. The third-order valence-electron chi connectivity index (χ3n) is 6.17. The second-order valence-corrected chi connectivity index (χ2v) is 9.46. The van der Waals surface area contributed by atoms with Gasteiger partial charge in [0.2, 0.25) is 0 Å². The predicted molar refractivity (Wildman–Crippen MR) is 104 cm³/mol. The predicted octanol–water partition coefficient (Wildman–Crippen LogP) is 1.63. The summed E-state index contributed by atoms with van der Waals surface area (Å²) in [5.41, 5.74) is 6.83. The summed E-state index contributed by atoms with van der Waals surface area (Å²) in [6.07, 6.45) is 2.38. The molecule has 0 bridgehead atoms. The van der Waals surface area contributed by atoms with Gasteiger partial charge >= 0.3 is 0 Å². The molecule has 1 aromatic heterocycles. The van der Waals surface area contributed by atoms with Gasteiger partial charge in [-0.25, -0.2) is 9.97 Å². The maximum atomic E-state index is 6.10. The third-order valence-corrected chi connectivity index (χ3v) is 7.10. The fourth-order valence-electron chi connectivity index (χ4n) is 5.40. The summed E-state index contributed by atoms with van der Waals surface area (Å²) < 4.78 is 0. The minimum absolute atomic E-state index is 0.367. The summed E-state index contributed by atoms with van der Waals surface area (Å²) in [5.74, 6) is 2.67. The minimum Gasteiger partial charge on any atom is -0.383 e. The SMILES string of the molecule is CCCCSc1nc(N)cc(N2CC34CN(C)CC3(CN(C)C4)C2)n1. The van der Waals surface area contributed by atoms with E-state index in [9.17, 15) is 0 Å². The van der Waals surface area contributed by atoms with Gasteiger partial charge in [-0.2, -0.15) is 0 Å². The molecule has 3 aliphatic rings. The molecule has 1 aromatic rings. The number of hydrogen-bond donors (Lipinski definition) is 1. The summed E-state index contributed by atoms with van der Waals surface area (Å²) in [6, 6.07) is 1.96. The minimum atomic E-state index is 0.367. The number of unbranched alkanes of at least 4 members (excludes halogenated alkanes) is 1. The Hall–Kier alpha value is -1.05. The fourth-order valence-corrected chi connectivity index (χ4v) is 6.34. The van der Waals surface area contributed by atoms with Gasteiger partial charge in [-0.15, -0.1) is 0 Å². The molecule has 25 heavy (non-hydrogen) atoms. The van der Waals surface area contributed by atoms with Crippen LogP contribution in [0.1, 0.15) is 19.8 Å². The molecule has 0 unspecified atom stereocenters. The lowest BCUT2D eigenvalue weighted by atomic mass is 9.71. The van der Waals surface area contributed by atoms with E-state index in [1.165, 1.54) is 39.0 Å². The lowest BCUT2D eigenvalue weighted by molar-refractivity contribution is 0.241. The zero-order valence-corrected chi connectivity index (χ0v) is 16.5. The molecule has 0 aromatic carbocycles. The molecule has 4 heterocycles. The summed E-state index contributed by atoms with van der Waals surface area (Å²) in [6.45, 7) is 9.12. The van der Waals surface area contributed by atoms with Crippen LogP contribution in [0.15, 0.2) is 11.2 Å². The first-order valence-corrected chi connectivity index (χ1v) is 10.3. The Labute approximate surface area is 155 Å². The van der Waals surface area contributed by atoms with E-state index in [0.29, 0.717) is 16.6 Å². The van der Waals surface area contributed by atoms with Crippen LogP contribution >= 0.6 is 11.8 Å². The van der Waals surface area contributed by atoms with Crippen molar-refractivity contribution in [3.63, 3.8) is 0 Å². The lowest BCUT2D eigenvalue weighted by Gasteiger charge is -2.28. The van der Waals surface area contributed by atoms with Gasteiger partial charge in [-0.05, 0) is 20.5 Å². The Morgan fingerprint density at radius 2 is 1.64 bits per heavy atom. The highest BCUT2D eigenvalue weighted by Gasteiger charge is 2.66. The number of thioether (sulfide) groups is 1. The maximum absolute atomic E-state index is 6.10. The molecule has 0 amide bonds. The molecule has 2 N–H and O–H groups in total. The highest BCUT2D eigenvalue weighted by molar-refractivity contribution is 7.99. The zero-order chi connectivity index (χ0) is 17.7. The summed E-state index contributed by atoms with van der Waals surface area (Å²) in [4.78, 5) is 16.8. The highest BCUT2D eigenvalue weighted by Crippen LogP contribution is 2.56. The van der Waals surface area contributed by atoms with Crippen molar-refractivity contribution in [1.82, 2.24) is 19.8 Å². The van der Waals surface area contributed by atoms with Crippen molar-refractivity contribution in [2.45, 2.75) is 24.9 Å². The van der Waals surface area contributed by atoms with Gasteiger partial charge in [-0.1, -0.05) is 25.1 Å². The van der Waals surface area contributed by atoms with Crippen LogP contribution < -0.4 is 10.6 Å². The number of likely N-dealkylation sites (tertiary alicyclic amines) is 2.